The lowest BCUT2D eigenvalue weighted by molar-refractivity contribution is -0.858. The number of ether oxygens (including phenoxy) is 1. The molecule has 1 heterocycles. The van der Waals surface area contributed by atoms with Gasteiger partial charge in [-0.1, -0.05) is 29.0 Å². The molecule has 1 amide bonds. The maximum atomic E-state index is 13.2. The van der Waals surface area contributed by atoms with Gasteiger partial charge in [0.1, 0.15) is 5.75 Å². The van der Waals surface area contributed by atoms with Crippen molar-refractivity contribution in [3.8, 4) is 5.75 Å². The topological polar surface area (TPSA) is 46.9 Å². The molecule has 0 unspecified atom stereocenters. The average Bonchev–Trinajstić information content (AvgIpc) is 3.07. The largest absolute Gasteiger partial charge is 0.497 e. The van der Waals surface area contributed by atoms with E-state index in [1.165, 1.54) is 16.2 Å². The lowest BCUT2D eigenvalue weighted by Gasteiger charge is -2.20. The van der Waals surface area contributed by atoms with E-state index in [9.17, 15) is 4.79 Å². The molecular weight excluding hydrogens is 382 g/mol. The molecule has 0 aliphatic rings. The molecule has 0 aliphatic carbocycles. The van der Waals surface area contributed by atoms with Gasteiger partial charge in [0, 0.05) is 23.6 Å². The molecule has 3 rings (SSSR count). The first-order valence-corrected chi connectivity index (χ1v) is 9.98. The Hall–Kier alpha value is -2.15. The van der Waals surface area contributed by atoms with Gasteiger partial charge in [-0.3, -0.25) is 9.69 Å². The second kappa shape index (κ2) is 8.69. The van der Waals surface area contributed by atoms with E-state index in [4.69, 9.17) is 16.3 Å². The highest BCUT2D eigenvalue weighted by Gasteiger charge is 2.22. The predicted octanol–water partition coefficient (Wildman–Crippen LogP) is 3.14. The van der Waals surface area contributed by atoms with E-state index in [0.29, 0.717) is 28.0 Å². The molecule has 0 aliphatic heterocycles. The minimum Gasteiger partial charge on any atom is -0.497 e. The van der Waals surface area contributed by atoms with Crippen LogP contribution >= 0.6 is 22.9 Å². The van der Waals surface area contributed by atoms with Crippen LogP contribution < -0.4 is 14.5 Å². The van der Waals surface area contributed by atoms with Crippen LogP contribution in [-0.2, 0) is 0 Å². The van der Waals surface area contributed by atoms with Crippen molar-refractivity contribution in [2.45, 2.75) is 6.42 Å². The zero-order valence-electron chi connectivity index (χ0n) is 15.7. The van der Waals surface area contributed by atoms with Crippen LogP contribution in [0.15, 0.2) is 42.5 Å². The van der Waals surface area contributed by atoms with Crippen LogP contribution in [0, 0.1) is 0 Å². The Morgan fingerprint density at radius 2 is 2.07 bits per heavy atom. The third-order valence-corrected chi connectivity index (χ3v) is 5.47. The van der Waals surface area contributed by atoms with Gasteiger partial charge in [-0.15, -0.1) is 0 Å². The van der Waals surface area contributed by atoms with Gasteiger partial charge in [0.05, 0.1) is 38.0 Å². The minimum absolute atomic E-state index is 0.0761. The molecule has 0 saturated heterocycles. The molecule has 7 heteroatoms. The molecular formula is C20H23ClN3O2S+. The van der Waals surface area contributed by atoms with Gasteiger partial charge in [0.25, 0.3) is 5.91 Å². The fraction of sp³-hybridized carbons (Fsp3) is 0.300. The molecule has 2 aromatic carbocycles. The Bertz CT molecular complexity index is 942. The SMILES string of the molecule is COc1cccc(C(=O)N(CCC[NH+](C)C)c2nc3ccc(Cl)cc3s2)c1. The second-order valence-electron chi connectivity index (χ2n) is 6.61. The van der Waals surface area contributed by atoms with Gasteiger partial charge >= 0.3 is 0 Å². The number of halogens is 1. The van der Waals surface area contributed by atoms with Crippen LogP contribution in [0.3, 0.4) is 0 Å². The molecule has 0 atom stereocenters. The number of carbonyl (C=O) groups is 1. The number of hydrogen-bond donors (Lipinski definition) is 1. The van der Waals surface area contributed by atoms with E-state index in [2.05, 4.69) is 19.1 Å². The average molecular weight is 405 g/mol. The smallest absolute Gasteiger partial charge is 0.260 e. The molecule has 0 spiro atoms. The summed E-state index contributed by atoms with van der Waals surface area (Å²) in [4.78, 5) is 21.0. The van der Waals surface area contributed by atoms with Crippen molar-refractivity contribution in [2.75, 3.05) is 39.2 Å². The summed E-state index contributed by atoms with van der Waals surface area (Å²) in [5, 5.41) is 1.36. The quantitative estimate of drug-likeness (QED) is 0.658. The van der Waals surface area contributed by atoms with Crippen molar-refractivity contribution >= 4 is 44.2 Å². The van der Waals surface area contributed by atoms with Crippen molar-refractivity contribution in [1.82, 2.24) is 4.98 Å². The molecule has 0 fully saturated rings. The third kappa shape index (κ3) is 4.77. The number of aromatic nitrogens is 1. The molecule has 0 radical (unpaired) electrons. The van der Waals surface area contributed by atoms with Crippen molar-refractivity contribution in [1.29, 1.82) is 0 Å². The number of hydrogen-bond acceptors (Lipinski definition) is 4. The van der Waals surface area contributed by atoms with E-state index in [0.717, 1.165) is 23.2 Å². The summed E-state index contributed by atoms with van der Waals surface area (Å²) in [5.74, 6) is 0.586. The van der Waals surface area contributed by atoms with Crippen molar-refractivity contribution in [2.24, 2.45) is 0 Å². The summed E-state index contributed by atoms with van der Waals surface area (Å²) in [7, 11) is 5.81. The van der Waals surface area contributed by atoms with Gasteiger partial charge in [0.2, 0.25) is 0 Å². The number of nitrogens with one attached hydrogen (secondary N) is 1. The number of methoxy groups -OCH3 is 1. The molecule has 1 aromatic heterocycles. The number of fused-ring (bicyclic) bond motifs is 1. The minimum atomic E-state index is -0.0761. The number of quaternary nitrogens is 1. The third-order valence-electron chi connectivity index (χ3n) is 4.19. The highest BCUT2D eigenvalue weighted by atomic mass is 35.5. The Labute approximate surface area is 168 Å². The summed E-state index contributed by atoms with van der Waals surface area (Å²) in [6.45, 7) is 1.58. The standard InChI is InChI=1S/C20H22ClN3O2S/c1-23(2)10-5-11-24(19(25)14-6-4-7-16(12-14)26-3)20-22-17-9-8-15(21)13-18(17)27-20/h4,6-9,12-13H,5,10-11H2,1-3H3/p+1. The summed E-state index contributed by atoms with van der Waals surface area (Å²) in [6, 6.07) is 12.8. The number of carbonyl (C=O) groups excluding carboxylic acids is 1. The second-order valence-corrected chi connectivity index (χ2v) is 8.05. The number of nitrogens with zero attached hydrogens (tertiary/aromatic N) is 2. The van der Waals surface area contributed by atoms with E-state index in [1.807, 2.05) is 30.3 Å². The number of amides is 1. The fourth-order valence-electron chi connectivity index (χ4n) is 2.79. The molecule has 27 heavy (non-hydrogen) atoms. The van der Waals surface area contributed by atoms with Gasteiger partial charge < -0.3 is 9.64 Å². The number of anilines is 1. The normalized spacial score (nSPS) is 11.1. The summed E-state index contributed by atoms with van der Waals surface area (Å²) in [5.41, 5.74) is 1.44. The summed E-state index contributed by atoms with van der Waals surface area (Å²) >= 11 is 7.58. The Morgan fingerprint density at radius 1 is 1.26 bits per heavy atom. The van der Waals surface area contributed by atoms with Gasteiger partial charge in [-0.25, -0.2) is 4.98 Å². The highest BCUT2D eigenvalue weighted by molar-refractivity contribution is 7.22. The van der Waals surface area contributed by atoms with Crippen LogP contribution in [-0.4, -0.2) is 45.2 Å². The lowest BCUT2D eigenvalue weighted by Crippen LogP contribution is -3.05. The van der Waals surface area contributed by atoms with Crippen LogP contribution in [0.5, 0.6) is 5.75 Å². The van der Waals surface area contributed by atoms with E-state index >= 15 is 0 Å². The zero-order valence-corrected chi connectivity index (χ0v) is 17.2. The Kier molecular flexibility index (Phi) is 6.31. The number of thiazole rings is 1. The van der Waals surface area contributed by atoms with Crippen molar-refractivity contribution in [3.63, 3.8) is 0 Å². The first kappa shape index (κ1) is 19.6. The van der Waals surface area contributed by atoms with Crippen molar-refractivity contribution < 1.29 is 14.4 Å². The van der Waals surface area contributed by atoms with Gasteiger partial charge in [-0.05, 0) is 36.4 Å². The highest BCUT2D eigenvalue weighted by Crippen LogP contribution is 2.31. The maximum Gasteiger partial charge on any atom is 0.260 e. The fourth-order valence-corrected chi connectivity index (χ4v) is 4.05. The molecule has 0 saturated carbocycles. The molecule has 0 bridgehead atoms. The molecule has 1 N–H and O–H groups in total. The van der Waals surface area contributed by atoms with Crippen molar-refractivity contribution in [3.05, 3.63) is 53.1 Å². The summed E-state index contributed by atoms with van der Waals surface area (Å²) < 4.78 is 6.23. The van der Waals surface area contributed by atoms with Crippen LogP contribution in [0.4, 0.5) is 5.13 Å². The number of rotatable bonds is 7. The van der Waals surface area contributed by atoms with E-state index < -0.39 is 0 Å². The zero-order chi connectivity index (χ0) is 19.4. The maximum absolute atomic E-state index is 13.2. The van der Waals surface area contributed by atoms with Crippen LogP contribution in [0.1, 0.15) is 16.8 Å². The van der Waals surface area contributed by atoms with Crippen LogP contribution in [0.25, 0.3) is 10.2 Å². The van der Waals surface area contributed by atoms with Crippen LogP contribution in [0.2, 0.25) is 5.02 Å². The molecule has 3 aromatic rings. The predicted molar refractivity (Wildman–Crippen MR) is 112 cm³/mol. The van der Waals surface area contributed by atoms with E-state index in [1.54, 1.807) is 24.1 Å². The van der Waals surface area contributed by atoms with E-state index in [-0.39, 0.29) is 5.91 Å². The molecule has 142 valence electrons. The van der Waals surface area contributed by atoms with Gasteiger partial charge in [0.15, 0.2) is 5.13 Å². The monoisotopic (exact) mass is 404 g/mol. The van der Waals surface area contributed by atoms with Gasteiger partial charge in [-0.2, -0.15) is 0 Å². The first-order valence-electron chi connectivity index (χ1n) is 8.79. The Morgan fingerprint density at radius 3 is 2.81 bits per heavy atom. The Balaban J connectivity index is 1.94. The molecule has 5 nitrogen and oxygen atoms in total. The summed E-state index contributed by atoms with van der Waals surface area (Å²) in [6.07, 6.45) is 0.884. The number of benzene rings is 2. The lowest BCUT2D eigenvalue weighted by atomic mass is 10.2. The first-order chi connectivity index (χ1) is 13.0.